The van der Waals surface area contributed by atoms with Gasteiger partial charge in [-0.15, -0.1) is 0 Å². The number of aromatic nitrogens is 1. The molecular weight excluding hydrogens is 251 g/mol. The second-order valence-corrected chi connectivity index (χ2v) is 4.64. The van der Waals surface area contributed by atoms with E-state index < -0.39 is 11.8 Å². The average Bonchev–Trinajstić information content (AvgIpc) is 2.43. The number of rotatable bonds is 1. The van der Waals surface area contributed by atoms with E-state index >= 15 is 0 Å². The number of nitrogens with zero attached hydrogens (tertiary/aromatic N) is 3. The summed E-state index contributed by atoms with van der Waals surface area (Å²) in [5, 5.41) is 2.57. The number of carbonyl (C=O) groups excluding carboxylic acids is 2. The van der Waals surface area contributed by atoms with Gasteiger partial charge in [-0.2, -0.15) is 0 Å². The van der Waals surface area contributed by atoms with Gasteiger partial charge in [0.2, 0.25) is 0 Å². The van der Waals surface area contributed by atoms with E-state index in [1.54, 1.807) is 11.0 Å². The van der Waals surface area contributed by atoms with Crippen molar-refractivity contribution in [3.63, 3.8) is 0 Å². The molecule has 3 heterocycles. The van der Waals surface area contributed by atoms with Crippen molar-refractivity contribution in [3.05, 3.63) is 24.1 Å². The average molecular weight is 264 g/mol. The number of anilines is 1. The zero-order valence-electron chi connectivity index (χ0n) is 10.2. The molecule has 1 N–H and O–H groups in total. The van der Waals surface area contributed by atoms with Crippen LogP contribution in [0.2, 0.25) is 0 Å². The molecular formula is C12H13FN4O2. The SMILES string of the molecule is O=C1NC[C@H]2CN(c3ccc(F)cn3)CCN2C1=O. The van der Waals surface area contributed by atoms with Gasteiger partial charge in [0, 0.05) is 26.2 Å². The van der Waals surface area contributed by atoms with Crippen molar-refractivity contribution in [2.24, 2.45) is 0 Å². The smallest absolute Gasteiger partial charge is 0.312 e. The first-order chi connectivity index (χ1) is 9.15. The summed E-state index contributed by atoms with van der Waals surface area (Å²) in [5.74, 6) is -0.694. The van der Waals surface area contributed by atoms with Crippen molar-refractivity contribution < 1.29 is 14.0 Å². The van der Waals surface area contributed by atoms with Crippen molar-refractivity contribution in [2.75, 3.05) is 31.1 Å². The van der Waals surface area contributed by atoms with E-state index in [0.29, 0.717) is 32.0 Å². The largest absolute Gasteiger partial charge is 0.353 e. The summed E-state index contributed by atoms with van der Waals surface area (Å²) in [6.07, 6.45) is 1.18. The Morgan fingerprint density at radius 1 is 1.32 bits per heavy atom. The zero-order chi connectivity index (χ0) is 13.4. The third-order valence-electron chi connectivity index (χ3n) is 3.47. The second-order valence-electron chi connectivity index (χ2n) is 4.64. The summed E-state index contributed by atoms with van der Waals surface area (Å²) in [6.45, 7) is 2.11. The van der Waals surface area contributed by atoms with E-state index in [1.807, 2.05) is 4.90 Å². The van der Waals surface area contributed by atoms with Crippen molar-refractivity contribution in [1.82, 2.24) is 15.2 Å². The van der Waals surface area contributed by atoms with Crippen molar-refractivity contribution >= 4 is 17.6 Å². The van der Waals surface area contributed by atoms with Crippen LogP contribution in [-0.2, 0) is 9.59 Å². The standard InChI is InChI=1S/C12H13FN4O2/c13-8-1-2-10(14-5-8)16-3-4-17-9(7-16)6-15-11(18)12(17)19/h1-2,5,9H,3-4,6-7H2,(H,15,18)/t9-/m0/s1. The molecule has 1 aromatic rings. The Balaban J connectivity index is 1.74. The third kappa shape index (κ3) is 2.11. The Kier molecular flexibility index (Phi) is 2.81. The van der Waals surface area contributed by atoms with Crippen molar-refractivity contribution in [3.8, 4) is 0 Å². The number of nitrogens with one attached hydrogen (secondary N) is 1. The van der Waals surface area contributed by atoms with Crippen LogP contribution in [0.4, 0.5) is 10.2 Å². The second kappa shape index (κ2) is 4.49. The first-order valence-electron chi connectivity index (χ1n) is 6.10. The van der Waals surface area contributed by atoms with Crippen LogP contribution in [0.5, 0.6) is 0 Å². The fourth-order valence-electron chi connectivity index (χ4n) is 2.48. The van der Waals surface area contributed by atoms with Crippen molar-refractivity contribution in [1.29, 1.82) is 0 Å². The molecule has 0 saturated carbocycles. The first kappa shape index (κ1) is 11.9. The highest BCUT2D eigenvalue weighted by atomic mass is 19.1. The maximum atomic E-state index is 12.8. The number of piperazine rings is 2. The van der Waals surface area contributed by atoms with E-state index in [-0.39, 0.29) is 11.9 Å². The molecule has 100 valence electrons. The van der Waals surface area contributed by atoms with Crippen molar-refractivity contribution in [2.45, 2.75) is 6.04 Å². The van der Waals surface area contributed by atoms with Gasteiger partial charge in [-0.25, -0.2) is 9.37 Å². The molecule has 0 bridgehead atoms. The molecule has 2 saturated heterocycles. The van der Waals surface area contributed by atoms with E-state index in [9.17, 15) is 14.0 Å². The number of fused-ring (bicyclic) bond motifs is 1. The maximum absolute atomic E-state index is 12.8. The lowest BCUT2D eigenvalue weighted by Crippen LogP contribution is -2.65. The molecule has 1 aromatic heterocycles. The summed E-state index contributed by atoms with van der Waals surface area (Å²) in [5.41, 5.74) is 0. The van der Waals surface area contributed by atoms with Gasteiger partial charge in [0.1, 0.15) is 11.6 Å². The van der Waals surface area contributed by atoms with Crippen LogP contribution in [0.15, 0.2) is 18.3 Å². The van der Waals surface area contributed by atoms with Gasteiger partial charge >= 0.3 is 11.8 Å². The number of pyridine rings is 1. The molecule has 2 amide bonds. The fraction of sp³-hybridized carbons (Fsp3) is 0.417. The molecule has 6 nitrogen and oxygen atoms in total. The van der Waals surface area contributed by atoms with Crippen LogP contribution in [0.25, 0.3) is 0 Å². The highest BCUT2D eigenvalue weighted by molar-refractivity contribution is 6.35. The number of amides is 2. The lowest BCUT2D eigenvalue weighted by Gasteiger charge is -2.43. The molecule has 0 unspecified atom stereocenters. The van der Waals surface area contributed by atoms with Gasteiger partial charge in [0.25, 0.3) is 0 Å². The van der Waals surface area contributed by atoms with Crippen LogP contribution >= 0.6 is 0 Å². The Morgan fingerprint density at radius 3 is 2.89 bits per heavy atom. The van der Waals surface area contributed by atoms with Gasteiger partial charge < -0.3 is 15.1 Å². The molecule has 2 aliphatic heterocycles. The Hall–Kier alpha value is -2.18. The van der Waals surface area contributed by atoms with Gasteiger partial charge in [0.05, 0.1) is 12.2 Å². The highest BCUT2D eigenvalue weighted by Gasteiger charge is 2.37. The Morgan fingerprint density at radius 2 is 2.16 bits per heavy atom. The molecule has 3 rings (SSSR count). The predicted octanol–water partition coefficient (Wildman–Crippen LogP) is -0.632. The Bertz CT molecular complexity index is 519. The zero-order valence-corrected chi connectivity index (χ0v) is 10.2. The number of hydrogen-bond acceptors (Lipinski definition) is 4. The van der Waals surface area contributed by atoms with Gasteiger partial charge in [-0.3, -0.25) is 9.59 Å². The molecule has 7 heteroatoms. The number of carbonyl (C=O) groups is 2. The van der Waals surface area contributed by atoms with Gasteiger partial charge in [0.15, 0.2) is 0 Å². The lowest BCUT2D eigenvalue weighted by molar-refractivity contribution is -0.150. The molecule has 2 aliphatic rings. The van der Waals surface area contributed by atoms with Crippen LogP contribution in [0, 0.1) is 5.82 Å². The minimum atomic E-state index is -0.537. The monoisotopic (exact) mass is 264 g/mol. The lowest BCUT2D eigenvalue weighted by atomic mass is 10.1. The van der Waals surface area contributed by atoms with E-state index in [2.05, 4.69) is 10.3 Å². The molecule has 2 fully saturated rings. The minimum absolute atomic E-state index is 0.0502. The van der Waals surface area contributed by atoms with Crippen LogP contribution in [0.1, 0.15) is 0 Å². The molecule has 1 atom stereocenters. The minimum Gasteiger partial charge on any atom is -0.353 e. The van der Waals surface area contributed by atoms with Crippen LogP contribution in [0.3, 0.4) is 0 Å². The quantitative estimate of drug-likeness (QED) is 0.686. The van der Waals surface area contributed by atoms with E-state index in [1.165, 1.54) is 12.3 Å². The maximum Gasteiger partial charge on any atom is 0.312 e. The fourth-order valence-corrected chi connectivity index (χ4v) is 2.48. The molecule has 0 radical (unpaired) electrons. The normalized spacial score (nSPS) is 23.1. The summed E-state index contributed by atoms with van der Waals surface area (Å²) in [6, 6.07) is 2.93. The van der Waals surface area contributed by atoms with Crippen LogP contribution < -0.4 is 10.2 Å². The topological polar surface area (TPSA) is 65.5 Å². The molecule has 19 heavy (non-hydrogen) atoms. The number of hydrogen-bond donors (Lipinski definition) is 1. The van der Waals surface area contributed by atoms with Crippen LogP contribution in [-0.4, -0.2) is 53.9 Å². The van der Waals surface area contributed by atoms with Gasteiger partial charge in [-0.05, 0) is 12.1 Å². The van der Waals surface area contributed by atoms with E-state index in [4.69, 9.17) is 0 Å². The van der Waals surface area contributed by atoms with Gasteiger partial charge in [-0.1, -0.05) is 0 Å². The summed E-state index contributed by atoms with van der Waals surface area (Å²) >= 11 is 0. The third-order valence-corrected chi connectivity index (χ3v) is 3.47. The molecule has 0 spiro atoms. The first-order valence-corrected chi connectivity index (χ1v) is 6.10. The van der Waals surface area contributed by atoms with E-state index in [0.717, 1.165) is 0 Å². The number of halogens is 1. The summed E-state index contributed by atoms with van der Waals surface area (Å²) < 4.78 is 12.8. The molecule has 0 aliphatic carbocycles. The molecule has 0 aromatic carbocycles. The summed E-state index contributed by atoms with van der Waals surface area (Å²) in [7, 11) is 0. The summed E-state index contributed by atoms with van der Waals surface area (Å²) in [4.78, 5) is 30.6. The highest BCUT2D eigenvalue weighted by Crippen LogP contribution is 2.18. The predicted molar refractivity (Wildman–Crippen MR) is 64.9 cm³/mol. The Labute approximate surface area is 109 Å².